The fourth-order valence-electron chi connectivity index (χ4n) is 1.32. The van der Waals surface area contributed by atoms with Crippen molar-refractivity contribution in [2.75, 3.05) is 0 Å². The molecule has 0 aromatic heterocycles. The number of aromatic hydroxyl groups is 1. The minimum absolute atomic E-state index is 0.331. The van der Waals surface area contributed by atoms with Gasteiger partial charge < -0.3 is 10.2 Å². The summed E-state index contributed by atoms with van der Waals surface area (Å²) in [5, 5.41) is 18.9. The number of phenols is 1. The molecule has 0 radical (unpaired) electrons. The van der Waals surface area contributed by atoms with Crippen LogP contribution < -0.4 is 0 Å². The van der Waals surface area contributed by atoms with Gasteiger partial charge in [-0.05, 0) is 50.8 Å². The zero-order chi connectivity index (χ0) is 10.8. The number of hydrogen-bond acceptors (Lipinski definition) is 2. The molecule has 0 unspecified atom stereocenters. The number of aryl methyl sites for hydroxylation is 2. The van der Waals surface area contributed by atoms with Crippen molar-refractivity contribution in [1.82, 2.24) is 0 Å². The van der Waals surface area contributed by atoms with Crippen LogP contribution in [0.25, 0.3) is 0 Å². The van der Waals surface area contributed by atoms with Crippen LogP contribution in [-0.2, 0) is 6.42 Å². The van der Waals surface area contributed by atoms with Crippen LogP contribution in [-0.4, -0.2) is 15.8 Å². The lowest BCUT2D eigenvalue weighted by Gasteiger charge is -2.16. The van der Waals surface area contributed by atoms with E-state index in [-0.39, 0.29) is 0 Å². The molecule has 0 aliphatic heterocycles. The summed E-state index contributed by atoms with van der Waals surface area (Å²) in [5.41, 5.74) is 1.42. The van der Waals surface area contributed by atoms with Crippen LogP contribution in [0.4, 0.5) is 0 Å². The molecule has 1 aromatic rings. The molecule has 78 valence electrons. The second kappa shape index (κ2) is 4.01. The molecule has 1 aromatic carbocycles. The zero-order valence-electron chi connectivity index (χ0n) is 9.04. The first-order valence-corrected chi connectivity index (χ1v) is 4.89. The number of rotatable bonds is 3. The topological polar surface area (TPSA) is 40.5 Å². The third-order valence-corrected chi connectivity index (χ3v) is 2.29. The molecule has 0 saturated heterocycles. The van der Waals surface area contributed by atoms with Gasteiger partial charge in [-0.15, -0.1) is 0 Å². The smallest absolute Gasteiger partial charge is 0.118 e. The van der Waals surface area contributed by atoms with Gasteiger partial charge in [0, 0.05) is 0 Å². The molecule has 0 heterocycles. The SMILES string of the molecule is Cc1cc(CCC(C)(C)O)ccc1O. The van der Waals surface area contributed by atoms with Crippen LogP contribution in [0.3, 0.4) is 0 Å². The molecule has 0 saturated carbocycles. The Kier molecular flexibility index (Phi) is 3.17. The molecule has 0 bridgehead atoms. The molecule has 0 aliphatic carbocycles. The van der Waals surface area contributed by atoms with Gasteiger partial charge in [-0.3, -0.25) is 0 Å². The van der Waals surface area contributed by atoms with E-state index in [1.807, 2.05) is 19.1 Å². The molecule has 0 atom stereocenters. The van der Waals surface area contributed by atoms with Gasteiger partial charge in [0.15, 0.2) is 0 Å². The van der Waals surface area contributed by atoms with E-state index in [2.05, 4.69) is 0 Å². The Balaban J connectivity index is 2.65. The van der Waals surface area contributed by atoms with E-state index < -0.39 is 5.60 Å². The Morgan fingerprint density at radius 1 is 1.29 bits per heavy atom. The molecule has 1 rings (SSSR count). The summed E-state index contributed by atoms with van der Waals surface area (Å²) in [6.07, 6.45) is 1.57. The van der Waals surface area contributed by atoms with Crippen LogP contribution >= 0.6 is 0 Å². The van der Waals surface area contributed by atoms with Crippen molar-refractivity contribution < 1.29 is 10.2 Å². The Hall–Kier alpha value is -1.02. The zero-order valence-corrected chi connectivity index (χ0v) is 9.04. The number of benzene rings is 1. The van der Waals surface area contributed by atoms with Crippen molar-refractivity contribution in [3.63, 3.8) is 0 Å². The molecule has 14 heavy (non-hydrogen) atoms. The highest BCUT2D eigenvalue weighted by Crippen LogP contribution is 2.19. The van der Waals surface area contributed by atoms with Crippen molar-refractivity contribution in [3.05, 3.63) is 29.3 Å². The minimum atomic E-state index is -0.619. The first-order chi connectivity index (χ1) is 6.38. The lowest BCUT2D eigenvalue weighted by Crippen LogP contribution is -2.19. The molecular formula is C12H18O2. The largest absolute Gasteiger partial charge is 0.508 e. The molecule has 0 fully saturated rings. The molecule has 2 N–H and O–H groups in total. The Bertz CT molecular complexity index is 311. The summed E-state index contributed by atoms with van der Waals surface area (Å²) < 4.78 is 0. The van der Waals surface area contributed by atoms with E-state index in [1.165, 1.54) is 0 Å². The van der Waals surface area contributed by atoms with Crippen molar-refractivity contribution in [2.45, 2.75) is 39.2 Å². The van der Waals surface area contributed by atoms with Crippen LogP contribution in [0.15, 0.2) is 18.2 Å². The first kappa shape index (κ1) is 11.1. The summed E-state index contributed by atoms with van der Waals surface area (Å²) in [6, 6.07) is 5.56. The van der Waals surface area contributed by atoms with E-state index in [0.717, 1.165) is 24.0 Å². The standard InChI is InChI=1S/C12H18O2/c1-9-8-10(4-5-11(9)13)6-7-12(2,3)14/h4-5,8,13-14H,6-7H2,1-3H3. The van der Waals surface area contributed by atoms with E-state index in [1.54, 1.807) is 19.9 Å². The monoisotopic (exact) mass is 194 g/mol. The van der Waals surface area contributed by atoms with E-state index in [9.17, 15) is 10.2 Å². The van der Waals surface area contributed by atoms with E-state index in [4.69, 9.17) is 0 Å². The van der Waals surface area contributed by atoms with Gasteiger partial charge in [-0.2, -0.15) is 0 Å². The average Bonchev–Trinajstić information content (AvgIpc) is 2.06. The van der Waals surface area contributed by atoms with Crippen molar-refractivity contribution in [2.24, 2.45) is 0 Å². The maximum Gasteiger partial charge on any atom is 0.118 e. The van der Waals surface area contributed by atoms with Gasteiger partial charge in [-0.25, -0.2) is 0 Å². The predicted molar refractivity (Wildman–Crippen MR) is 57.5 cm³/mol. The molecule has 0 spiro atoms. The summed E-state index contributed by atoms with van der Waals surface area (Å²) >= 11 is 0. The van der Waals surface area contributed by atoms with Crippen molar-refractivity contribution in [3.8, 4) is 5.75 Å². The van der Waals surface area contributed by atoms with Crippen LogP contribution in [0, 0.1) is 6.92 Å². The third-order valence-electron chi connectivity index (χ3n) is 2.29. The highest BCUT2D eigenvalue weighted by atomic mass is 16.3. The maximum atomic E-state index is 9.55. The Labute approximate surface area is 85.2 Å². The number of phenolic OH excluding ortho intramolecular Hbond substituents is 1. The van der Waals surface area contributed by atoms with Gasteiger partial charge >= 0.3 is 0 Å². The van der Waals surface area contributed by atoms with Crippen molar-refractivity contribution in [1.29, 1.82) is 0 Å². The quantitative estimate of drug-likeness (QED) is 0.775. The fourth-order valence-corrected chi connectivity index (χ4v) is 1.32. The Morgan fingerprint density at radius 3 is 2.43 bits per heavy atom. The van der Waals surface area contributed by atoms with Gasteiger partial charge in [0.25, 0.3) is 0 Å². The van der Waals surface area contributed by atoms with Crippen molar-refractivity contribution >= 4 is 0 Å². The minimum Gasteiger partial charge on any atom is -0.508 e. The van der Waals surface area contributed by atoms with Gasteiger partial charge in [0.1, 0.15) is 5.75 Å². The summed E-state index contributed by atoms with van der Waals surface area (Å²) in [4.78, 5) is 0. The normalized spacial score (nSPS) is 11.7. The average molecular weight is 194 g/mol. The highest BCUT2D eigenvalue weighted by Gasteiger charge is 2.12. The Morgan fingerprint density at radius 2 is 1.93 bits per heavy atom. The molecule has 0 amide bonds. The number of aliphatic hydroxyl groups is 1. The fraction of sp³-hybridized carbons (Fsp3) is 0.500. The molecular weight excluding hydrogens is 176 g/mol. The predicted octanol–water partition coefficient (Wildman–Crippen LogP) is 2.40. The summed E-state index contributed by atoms with van der Waals surface area (Å²) in [6.45, 7) is 5.49. The van der Waals surface area contributed by atoms with Gasteiger partial charge in [-0.1, -0.05) is 12.1 Å². The number of hydrogen-bond donors (Lipinski definition) is 2. The first-order valence-electron chi connectivity index (χ1n) is 4.89. The second-order valence-electron chi connectivity index (χ2n) is 4.43. The van der Waals surface area contributed by atoms with Crippen LogP contribution in [0.5, 0.6) is 5.75 Å². The molecule has 2 heteroatoms. The molecule has 2 nitrogen and oxygen atoms in total. The van der Waals surface area contributed by atoms with Crippen LogP contribution in [0.1, 0.15) is 31.4 Å². The third kappa shape index (κ3) is 3.38. The summed E-state index contributed by atoms with van der Waals surface area (Å²) in [7, 11) is 0. The van der Waals surface area contributed by atoms with Crippen LogP contribution in [0.2, 0.25) is 0 Å². The van der Waals surface area contributed by atoms with Gasteiger partial charge in [0.2, 0.25) is 0 Å². The van der Waals surface area contributed by atoms with E-state index >= 15 is 0 Å². The highest BCUT2D eigenvalue weighted by molar-refractivity contribution is 5.34. The van der Waals surface area contributed by atoms with E-state index in [0.29, 0.717) is 5.75 Å². The van der Waals surface area contributed by atoms with Gasteiger partial charge in [0.05, 0.1) is 5.60 Å². The summed E-state index contributed by atoms with van der Waals surface area (Å²) in [5.74, 6) is 0.331. The lowest BCUT2D eigenvalue weighted by molar-refractivity contribution is 0.0714. The lowest BCUT2D eigenvalue weighted by atomic mass is 9.98. The molecule has 0 aliphatic rings. The second-order valence-corrected chi connectivity index (χ2v) is 4.43. The maximum absolute atomic E-state index is 9.55.